The third kappa shape index (κ3) is 3.39. The van der Waals surface area contributed by atoms with Gasteiger partial charge in [0.15, 0.2) is 0 Å². The average Bonchev–Trinajstić information content (AvgIpc) is 2.29. The molecule has 1 unspecified atom stereocenters. The Balaban J connectivity index is 3.20. The Hall–Kier alpha value is -0.680. The Morgan fingerprint density at radius 1 is 1.29 bits per heavy atom. The normalized spacial score (nSPS) is 12.9. The van der Waals surface area contributed by atoms with Crippen molar-refractivity contribution in [2.24, 2.45) is 0 Å². The number of ether oxygens (including phenoxy) is 1. The van der Waals surface area contributed by atoms with Gasteiger partial charge in [-0.2, -0.15) is 0 Å². The zero-order chi connectivity index (χ0) is 13.0. The molecule has 96 valence electrons. The number of hydrogen-bond acceptors (Lipinski definition) is 4. The first-order chi connectivity index (χ1) is 8.01. The molecule has 1 aromatic heterocycles. The summed E-state index contributed by atoms with van der Waals surface area (Å²) in [5, 5.41) is 3.09. The minimum atomic E-state index is 0.192. The molecule has 1 atom stereocenters. The van der Waals surface area contributed by atoms with Crippen LogP contribution in [0.4, 0.5) is 5.82 Å². The fourth-order valence-electron chi connectivity index (χ4n) is 1.58. The van der Waals surface area contributed by atoms with Crippen LogP contribution in [-0.4, -0.2) is 30.7 Å². The zero-order valence-electron chi connectivity index (χ0n) is 11.0. The molecular formula is C12H20BrN3O. The van der Waals surface area contributed by atoms with Gasteiger partial charge < -0.3 is 10.1 Å². The van der Waals surface area contributed by atoms with E-state index in [9.17, 15) is 0 Å². The minimum Gasteiger partial charge on any atom is -0.384 e. The number of anilines is 1. The molecule has 1 rings (SSSR count). The van der Waals surface area contributed by atoms with Crippen LogP contribution in [0.15, 0.2) is 4.47 Å². The predicted octanol–water partition coefficient (Wildman–Crippen LogP) is 3.15. The Kier molecular flexibility index (Phi) is 5.33. The lowest BCUT2D eigenvalue weighted by atomic mass is 10.1. The first-order valence-electron chi connectivity index (χ1n) is 5.75. The lowest BCUT2D eigenvalue weighted by Gasteiger charge is -2.16. The van der Waals surface area contributed by atoms with Crippen LogP contribution in [0.25, 0.3) is 0 Å². The fraction of sp³-hybridized carbons (Fsp3) is 0.667. The van der Waals surface area contributed by atoms with Gasteiger partial charge in [0.25, 0.3) is 0 Å². The second-order valence-corrected chi connectivity index (χ2v) is 5.18. The van der Waals surface area contributed by atoms with Crippen LogP contribution in [0, 0.1) is 0 Å². The standard InChI is InChI=1S/C12H20BrN3O/c1-7(2)10-9(13)12(14-4)16-11(15-10)8(3)6-17-5/h7-8H,6H2,1-5H3,(H,14,15,16). The zero-order valence-corrected chi connectivity index (χ0v) is 12.6. The molecule has 0 aliphatic carbocycles. The Morgan fingerprint density at radius 2 is 1.94 bits per heavy atom. The van der Waals surface area contributed by atoms with Gasteiger partial charge in [-0.25, -0.2) is 9.97 Å². The van der Waals surface area contributed by atoms with E-state index in [4.69, 9.17) is 4.74 Å². The van der Waals surface area contributed by atoms with Crippen LogP contribution in [0.2, 0.25) is 0 Å². The molecule has 0 aromatic carbocycles. The van der Waals surface area contributed by atoms with Crippen LogP contribution in [0.3, 0.4) is 0 Å². The number of hydrogen-bond donors (Lipinski definition) is 1. The Labute approximate surface area is 111 Å². The van der Waals surface area contributed by atoms with Crippen LogP contribution in [-0.2, 0) is 4.74 Å². The summed E-state index contributed by atoms with van der Waals surface area (Å²) in [5.41, 5.74) is 1.03. The van der Waals surface area contributed by atoms with Gasteiger partial charge in [0, 0.05) is 20.1 Å². The largest absolute Gasteiger partial charge is 0.384 e. The van der Waals surface area contributed by atoms with Gasteiger partial charge >= 0.3 is 0 Å². The highest BCUT2D eigenvalue weighted by Crippen LogP contribution is 2.30. The maximum absolute atomic E-state index is 5.15. The molecule has 1 N–H and O–H groups in total. The van der Waals surface area contributed by atoms with Crippen molar-refractivity contribution >= 4 is 21.7 Å². The van der Waals surface area contributed by atoms with E-state index in [0.717, 1.165) is 21.8 Å². The molecule has 4 nitrogen and oxygen atoms in total. The number of methoxy groups -OCH3 is 1. The smallest absolute Gasteiger partial charge is 0.144 e. The maximum atomic E-state index is 5.15. The van der Waals surface area contributed by atoms with Crippen molar-refractivity contribution in [3.05, 3.63) is 16.0 Å². The Bertz CT molecular complexity index is 382. The summed E-state index contributed by atoms with van der Waals surface area (Å²) >= 11 is 3.55. The molecule has 0 saturated heterocycles. The van der Waals surface area contributed by atoms with E-state index in [1.807, 2.05) is 7.05 Å². The molecule has 1 aromatic rings. The van der Waals surface area contributed by atoms with E-state index in [1.165, 1.54) is 0 Å². The van der Waals surface area contributed by atoms with Crippen molar-refractivity contribution in [1.29, 1.82) is 0 Å². The van der Waals surface area contributed by atoms with E-state index >= 15 is 0 Å². The molecule has 0 aliphatic heterocycles. The van der Waals surface area contributed by atoms with Crippen LogP contribution in [0.5, 0.6) is 0 Å². The molecule has 0 fully saturated rings. The average molecular weight is 302 g/mol. The highest BCUT2D eigenvalue weighted by molar-refractivity contribution is 9.10. The van der Waals surface area contributed by atoms with Crippen LogP contribution >= 0.6 is 15.9 Å². The third-order valence-electron chi connectivity index (χ3n) is 2.54. The first-order valence-corrected chi connectivity index (χ1v) is 6.54. The lowest BCUT2D eigenvalue weighted by Crippen LogP contribution is -2.12. The molecule has 1 heterocycles. The maximum Gasteiger partial charge on any atom is 0.144 e. The third-order valence-corrected chi connectivity index (χ3v) is 3.32. The highest BCUT2D eigenvalue weighted by Gasteiger charge is 2.17. The van der Waals surface area contributed by atoms with Gasteiger partial charge in [-0.3, -0.25) is 0 Å². The van der Waals surface area contributed by atoms with E-state index in [0.29, 0.717) is 12.5 Å². The molecule has 0 aliphatic rings. The number of aromatic nitrogens is 2. The number of halogens is 1. The van der Waals surface area contributed by atoms with E-state index in [-0.39, 0.29) is 5.92 Å². The van der Waals surface area contributed by atoms with Crippen molar-refractivity contribution in [1.82, 2.24) is 9.97 Å². The second kappa shape index (κ2) is 6.31. The number of nitrogens with zero attached hydrogens (tertiary/aromatic N) is 2. The Morgan fingerprint density at radius 3 is 2.41 bits per heavy atom. The summed E-state index contributed by atoms with van der Waals surface area (Å²) in [7, 11) is 3.56. The topological polar surface area (TPSA) is 47.0 Å². The van der Waals surface area contributed by atoms with E-state index in [1.54, 1.807) is 7.11 Å². The van der Waals surface area contributed by atoms with Crippen molar-refractivity contribution in [3.8, 4) is 0 Å². The minimum absolute atomic E-state index is 0.192. The van der Waals surface area contributed by atoms with Crippen molar-refractivity contribution < 1.29 is 4.74 Å². The summed E-state index contributed by atoms with van der Waals surface area (Å²) in [6, 6.07) is 0. The SMILES string of the molecule is CNc1nc(C(C)COC)nc(C(C)C)c1Br. The molecule has 17 heavy (non-hydrogen) atoms. The van der Waals surface area contributed by atoms with Gasteiger partial charge in [0.2, 0.25) is 0 Å². The monoisotopic (exact) mass is 301 g/mol. The van der Waals surface area contributed by atoms with Gasteiger partial charge in [-0.1, -0.05) is 20.8 Å². The van der Waals surface area contributed by atoms with Crippen molar-refractivity contribution in [2.45, 2.75) is 32.6 Å². The van der Waals surface area contributed by atoms with Crippen molar-refractivity contribution in [2.75, 3.05) is 26.1 Å². The molecule has 5 heteroatoms. The number of nitrogens with one attached hydrogen (secondary N) is 1. The summed E-state index contributed by atoms with van der Waals surface area (Å²) in [6.45, 7) is 6.94. The van der Waals surface area contributed by atoms with E-state index < -0.39 is 0 Å². The highest BCUT2D eigenvalue weighted by atomic mass is 79.9. The fourth-order valence-corrected chi connectivity index (χ4v) is 2.41. The summed E-state index contributed by atoms with van der Waals surface area (Å²) in [6.07, 6.45) is 0. The van der Waals surface area contributed by atoms with E-state index in [2.05, 4.69) is 52.0 Å². The lowest BCUT2D eigenvalue weighted by molar-refractivity contribution is 0.181. The van der Waals surface area contributed by atoms with Gasteiger partial charge in [-0.05, 0) is 21.8 Å². The summed E-state index contributed by atoms with van der Waals surface area (Å²) in [5.74, 6) is 2.20. The van der Waals surface area contributed by atoms with Gasteiger partial charge in [0.1, 0.15) is 11.6 Å². The second-order valence-electron chi connectivity index (χ2n) is 4.39. The summed E-state index contributed by atoms with van der Waals surface area (Å²) in [4.78, 5) is 9.12. The molecule has 0 radical (unpaired) electrons. The first kappa shape index (κ1) is 14.4. The van der Waals surface area contributed by atoms with Crippen LogP contribution < -0.4 is 5.32 Å². The summed E-state index contributed by atoms with van der Waals surface area (Å²) < 4.78 is 6.10. The molecule has 0 bridgehead atoms. The van der Waals surface area contributed by atoms with Gasteiger partial charge in [-0.15, -0.1) is 0 Å². The van der Waals surface area contributed by atoms with Crippen molar-refractivity contribution in [3.63, 3.8) is 0 Å². The molecular weight excluding hydrogens is 282 g/mol. The quantitative estimate of drug-likeness (QED) is 0.907. The molecule has 0 saturated carbocycles. The van der Waals surface area contributed by atoms with Gasteiger partial charge in [0.05, 0.1) is 16.8 Å². The predicted molar refractivity (Wildman–Crippen MR) is 73.7 cm³/mol. The molecule has 0 spiro atoms. The number of rotatable bonds is 5. The molecule has 0 amide bonds. The van der Waals surface area contributed by atoms with Crippen LogP contribution in [0.1, 0.15) is 44.1 Å².